The molecule has 0 aromatic heterocycles. The van der Waals surface area contributed by atoms with Crippen LogP contribution in [0.2, 0.25) is 0 Å². The molecule has 0 fully saturated rings. The van der Waals surface area contributed by atoms with Gasteiger partial charge in [-0.2, -0.15) is 0 Å². The van der Waals surface area contributed by atoms with E-state index in [-0.39, 0.29) is 0 Å². The van der Waals surface area contributed by atoms with E-state index in [0.29, 0.717) is 18.5 Å². The minimum Gasteiger partial charge on any atom is -0.312 e. The summed E-state index contributed by atoms with van der Waals surface area (Å²) in [5, 5.41) is 3.18. The lowest BCUT2D eigenvalue weighted by Gasteiger charge is -2.19. The Balaban J connectivity index is 2.10. The second kappa shape index (κ2) is 5.33. The summed E-state index contributed by atoms with van der Waals surface area (Å²) in [5.74, 6) is -4.98. The molecule has 3 rings (SSSR count). The van der Waals surface area contributed by atoms with E-state index in [4.69, 9.17) is 0 Å². The van der Waals surface area contributed by atoms with Crippen molar-refractivity contribution in [3.63, 3.8) is 0 Å². The molecule has 1 aliphatic rings. The highest BCUT2D eigenvalue weighted by molar-refractivity contribution is 6.10. The Morgan fingerprint density at radius 1 is 1.00 bits per heavy atom. The molecule has 0 bridgehead atoms. The maximum atomic E-state index is 13.8. The molecular formula is C16H12F3NO. The average Bonchev–Trinajstić information content (AvgIpc) is 2.51. The second-order valence-corrected chi connectivity index (χ2v) is 4.92. The third kappa shape index (κ3) is 2.34. The van der Waals surface area contributed by atoms with Crippen LogP contribution in [0, 0.1) is 17.5 Å². The van der Waals surface area contributed by atoms with Gasteiger partial charge in [-0.25, -0.2) is 13.2 Å². The molecule has 0 unspecified atom stereocenters. The minimum absolute atomic E-state index is 0.346. The third-order valence-electron chi connectivity index (χ3n) is 3.66. The maximum Gasteiger partial charge on any atom is 0.196 e. The van der Waals surface area contributed by atoms with Gasteiger partial charge in [-0.05, 0) is 36.2 Å². The molecule has 108 valence electrons. The Morgan fingerprint density at radius 3 is 2.62 bits per heavy atom. The Morgan fingerprint density at radius 2 is 1.81 bits per heavy atom. The molecule has 0 spiro atoms. The van der Waals surface area contributed by atoms with E-state index in [1.165, 1.54) is 0 Å². The van der Waals surface area contributed by atoms with Crippen LogP contribution < -0.4 is 5.32 Å². The zero-order chi connectivity index (χ0) is 15.0. The Bertz CT molecular complexity index is 728. The normalized spacial score (nSPS) is 13.9. The van der Waals surface area contributed by atoms with Crippen LogP contribution in [-0.4, -0.2) is 12.3 Å². The summed E-state index contributed by atoms with van der Waals surface area (Å²) in [6, 6.07) is 6.93. The number of carbonyl (C=O) groups excluding carboxylic acids is 1. The number of nitrogens with one attached hydrogen (secondary N) is 1. The molecule has 0 saturated heterocycles. The van der Waals surface area contributed by atoms with Crippen molar-refractivity contribution >= 4 is 5.78 Å². The number of hydrogen-bond acceptors (Lipinski definition) is 2. The first-order valence-electron chi connectivity index (χ1n) is 6.59. The summed E-state index contributed by atoms with van der Waals surface area (Å²) >= 11 is 0. The fraction of sp³-hybridized carbons (Fsp3) is 0.188. The molecule has 1 aliphatic heterocycles. The smallest absolute Gasteiger partial charge is 0.196 e. The predicted octanol–water partition coefficient (Wildman–Crippen LogP) is 2.98. The SMILES string of the molecule is O=C(c1ccc(F)c(F)c1F)c1cccc2c1CCNC2. The molecule has 0 radical (unpaired) electrons. The topological polar surface area (TPSA) is 29.1 Å². The molecule has 0 atom stereocenters. The molecule has 5 heteroatoms. The van der Waals surface area contributed by atoms with Crippen LogP contribution in [0.3, 0.4) is 0 Å². The lowest BCUT2D eigenvalue weighted by Crippen LogP contribution is -2.25. The Labute approximate surface area is 119 Å². The monoisotopic (exact) mass is 291 g/mol. The summed E-state index contributed by atoms with van der Waals surface area (Å²) < 4.78 is 40.0. The van der Waals surface area contributed by atoms with Gasteiger partial charge in [0.1, 0.15) is 0 Å². The van der Waals surface area contributed by atoms with Crippen LogP contribution in [0.5, 0.6) is 0 Å². The largest absolute Gasteiger partial charge is 0.312 e. The van der Waals surface area contributed by atoms with Crippen molar-refractivity contribution in [2.75, 3.05) is 6.54 Å². The first-order valence-corrected chi connectivity index (χ1v) is 6.59. The molecule has 0 saturated carbocycles. The van der Waals surface area contributed by atoms with Gasteiger partial charge in [0.15, 0.2) is 23.2 Å². The average molecular weight is 291 g/mol. The number of ketones is 1. The van der Waals surface area contributed by atoms with E-state index in [1.54, 1.807) is 12.1 Å². The van der Waals surface area contributed by atoms with Crippen molar-refractivity contribution in [1.29, 1.82) is 0 Å². The van der Waals surface area contributed by atoms with Gasteiger partial charge in [0.05, 0.1) is 5.56 Å². The fourth-order valence-electron chi connectivity index (χ4n) is 2.59. The second-order valence-electron chi connectivity index (χ2n) is 4.92. The highest BCUT2D eigenvalue weighted by atomic mass is 19.2. The predicted molar refractivity (Wildman–Crippen MR) is 71.6 cm³/mol. The van der Waals surface area contributed by atoms with Crippen LogP contribution in [0.15, 0.2) is 30.3 Å². The molecule has 2 aromatic rings. The van der Waals surface area contributed by atoms with Crippen LogP contribution in [0.1, 0.15) is 27.0 Å². The first-order chi connectivity index (χ1) is 10.1. The molecular weight excluding hydrogens is 279 g/mol. The number of hydrogen-bond donors (Lipinski definition) is 1. The summed E-state index contributed by atoms with van der Waals surface area (Å²) in [4.78, 5) is 12.5. The van der Waals surface area contributed by atoms with Crippen molar-refractivity contribution < 1.29 is 18.0 Å². The fourth-order valence-corrected chi connectivity index (χ4v) is 2.59. The van der Waals surface area contributed by atoms with Crippen molar-refractivity contribution in [3.05, 3.63) is 70.0 Å². The van der Waals surface area contributed by atoms with Crippen molar-refractivity contribution in [2.45, 2.75) is 13.0 Å². The highest BCUT2D eigenvalue weighted by Gasteiger charge is 2.23. The summed E-state index contributed by atoms with van der Waals surface area (Å²) in [7, 11) is 0. The van der Waals surface area contributed by atoms with E-state index in [2.05, 4.69) is 5.32 Å². The quantitative estimate of drug-likeness (QED) is 0.681. The van der Waals surface area contributed by atoms with Gasteiger partial charge in [0, 0.05) is 12.1 Å². The van der Waals surface area contributed by atoms with E-state index < -0.39 is 28.8 Å². The first kappa shape index (κ1) is 13.8. The Kier molecular flexibility index (Phi) is 3.51. The van der Waals surface area contributed by atoms with Gasteiger partial charge < -0.3 is 5.32 Å². The molecule has 2 nitrogen and oxygen atoms in total. The molecule has 1 heterocycles. The van der Waals surface area contributed by atoms with E-state index >= 15 is 0 Å². The van der Waals surface area contributed by atoms with Gasteiger partial charge in [0.2, 0.25) is 0 Å². The van der Waals surface area contributed by atoms with Crippen LogP contribution >= 0.6 is 0 Å². The van der Waals surface area contributed by atoms with E-state index in [1.807, 2.05) is 6.07 Å². The summed E-state index contributed by atoms with van der Waals surface area (Å²) in [6.07, 6.45) is 0.641. The zero-order valence-electron chi connectivity index (χ0n) is 11.1. The van der Waals surface area contributed by atoms with Gasteiger partial charge in [-0.1, -0.05) is 18.2 Å². The lowest BCUT2D eigenvalue weighted by molar-refractivity contribution is 0.103. The lowest BCUT2D eigenvalue weighted by atomic mass is 9.91. The van der Waals surface area contributed by atoms with Gasteiger partial charge in [-0.3, -0.25) is 4.79 Å². The van der Waals surface area contributed by atoms with Gasteiger partial charge in [-0.15, -0.1) is 0 Å². The van der Waals surface area contributed by atoms with Crippen molar-refractivity contribution in [3.8, 4) is 0 Å². The van der Waals surface area contributed by atoms with Gasteiger partial charge in [0.25, 0.3) is 0 Å². The number of fused-ring (bicyclic) bond motifs is 1. The third-order valence-corrected chi connectivity index (χ3v) is 3.66. The van der Waals surface area contributed by atoms with Gasteiger partial charge >= 0.3 is 0 Å². The highest BCUT2D eigenvalue weighted by Crippen LogP contribution is 2.24. The minimum atomic E-state index is -1.62. The van der Waals surface area contributed by atoms with E-state index in [9.17, 15) is 18.0 Å². The number of benzene rings is 2. The summed E-state index contributed by atoms with van der Waals surface area (Å²) in [6.45, 7) is 1.36. The standard InChI is InChI=1S/C16H12F3NO/c17-13-5-4-12(14(18)15(13)19)16(21)11-3-1-2-9-8-20-7-6-10(9)11/h1-5,20H,6-8H2. The van der Waals surface area contributed by atoms with Crippen LogP contribution in [0.4, 0.5) is 13.2 Å². The molecule has 21 heavy (non-hydrogen) atoms. The molecule has 0 amide bonds. The Hall–Kier alpha value is -2.14. The van der Waals surface area contributed by atoms with Crippen molar-refractivity contribution in [2.24, 2.45) is 0 Å². The van der Waals surface area contributed by atoms with Crippen molar-refractivity contribution in [1.82, 2.24) is 5.32 Å². The summed E-state index contributed by atoms with van der Waals surface area (Å²) in [5.41, 5.74) is 1.71. The molecule has 1 N–H and O–H groups in total. The van der Waals surface area contributed by atoms with E-state index in [0.717, 1.165) is 29.8 Å². The number of halogens is 3. The van der Waals surface area contributed by atoms with Crippen LogP contribution in [-0.2, 0) is 13.0 Å². The number of rotatable bonds is 2. The molecule has 0 aliphatic carbocycles. The number of carbonyl (C=O) groups is 1. The maximum absolute atomic E-state index is 13.8. The molecule has 2 aromatic carbocycles. The van der Waals surface area contributed by atoms with Crippen LogP contribution in [0.25, 0.3) is 0 Å². The zero-order valence-corrected chi connectivity index (χ0v) is 11.1.